The van der Waals surface area contributed by atoms with E-state index in [4.69, 9.17) is 0 Å². The molecule has 0 amide bonds. The smallest absolute Gasteiger partial charge is 0.378 e. The van der Waals surface area contributed by atoms with E-state index in [0.717, 1.165) is 12.1 Å². The lowest BCUT2D eigenvalue weighted by Gasteiger charge is -2.31. The van der Waals surface area contributed by atoms with Crippen LogP contribution in [0.15, 0.2) is 16.6 Å². The first-order chi connectivity index (χ1) is 9.27. The van der Waals surface area contributed by atoms with Crippen molar-refractivity contribution in [2.24, 2.45) is 5.92 Å². The summed E-state index contributed by atoms with van der Waals surface area (Å²) in [5, 5.41) is 2.58. The Morgan fingerprint density at radius 1 is 1.10 bits per heavy atom. The Morgan fingerprint density at radius 3 is 2.25 bits per heavy atom. The molecular weight excluding hydrogens is 345 g/mol. The molecule has 1 aromatic rings. The van der Waals surface area contributed by atoms with Gasteiger partial charge in [0.05, 0.1) is 5.92 Å². The maximum atomic E-state index is 13.6. The highest BCUT2D eigenvalue weighted by Crippen LogP contribution is 2.38. The van der Waals surface area contributed by atoms with Crippen molar-refractivity contribution in [3.8, 4) is 0 Å². The minimum Gasteiger partial charge on any atom is -0.378 e. The summed E-state index contributed by atoms with van der Waals surface area (Å²) in [6.07, 6.45) is -3.47. The Hall–Kier alpha value is -0.850. The minimum absolute atomic E-state index is 0.0764. The van der Waals surface area contributed by atoms with Gasteiger partial charge in [-0.15, -0.1) is 0 Å². The Kier molecular flexibility index (Phi) is 4.56. The standard InChI is InChI=1S/C13H13BrF5N/c14-8-5-10(15)12(11(16)6-8)20-9-3-1-2-7(4-9)13(17,18)19/h5-7,9,20H,1-4H2. The van der Waals surface area contributed by atoms with Crippen molar-refractivity contribution in [2.45, 2.75) is 37.9 Å². The van der Waals surface area contributed by atoms with Gasteiger partial charge in [0.15, 0.2) is 0 Å². The van der Waals surface area contributed by atoms with Crippen molar-refractivity contribution >= 4 is 21.6 Å². The van der Waals surface area contributed by atoms with E-state index in [2.05, 4.69) is 21.2 Å². The summed E-state index contributed by atoms with van der Waals surface area (Å²) in [5.41, 5.74) is -0.360. The van der Waals surface area contributed by atoms with Gasteiger partial charge >= 0.3 is 6.18 Å². The molecule has 20 heavy (non-hydrogen) atoms. The maximum absolute atomic E-state index is 13.6. The lowest BCUT2D eigenvalue weighted by molar-refractivity contribution is -0.182. The van der Waals surface area contributed by atoms with Crippen LogP contribution in [0, 0.1) is 17.6 Å². The van der Waals surface area contributed by atoms with Crippen molar-refractivity contribution in [3.05, 3.63) is 28.2 Å². The fourth-order valence-corrected chi connectivity index (χ4v) is 2.90. The molecule has 0 heterocycles. The zero-order chi connectivity index (χ0) is 14.9. The van der Waals surface area contributed by atoms with Crippen LogP contribution in [0.1, 0.15) is 25.7 Å². The second-order valence-corrected chi connectivity index (χ2v) is 5.91. The van der Waals surface area contributed by atoms with Crippen molar-refractivity contribution < 1.29 is 22.0 Å². The van der Waals surface area contributed by atoms with Gasteiger partial charge in [0.1, 0.15) is 17.3 Å². The monoisotopic (exact) mass is 357 g/mol. The molecule has 0 aromatic heterocycles. The van der Waals surface area contributed by atoms with Gasteiger partial charge < -0.3 is 5.32 Å². The maximum Gasteiger partial charge on any atom is 0.391 e. The number of halogens is 6. The number of hydrogen-bond acceptors (Lipinski definition) is 1. The van der Waals surface area contributed by atoms with Crippen LogP contribution in [-0.4, -0.2) is 12.2 Å². The molecule has 1 aliphatic carbocycles. The molecule has 0 bridgehead atoms. The molecule has 0 aliphatic heterocycles. The molecule has 1 N–H and O–H groups in total. The van der Waals surface area contributed by atoms with Gasteiger partial charge in [-0.3, -0.25) is 0 Å². The summed E-state index contributed by atoms with van der Waals surface area (Å²) in [7, 11) is 0. The third-order valence-corrected chi connectivity index (χ3v) is 3.95. The van der Waals surface area contributed by atoms with E-state index in [9.17, 15) is 22.0 Å². The van der Waals surface area contributed by atoms with Crippen LogP contribution in [0.2, 0.25) is 0 Å². The third-order valence-electron chi connectivity index (χ3n) is 3.49. The first-order valence-electron chi connectivity index (χ1n) is 6.25. The van der Waals surface area contributed by atoms with Crippen LogP contribution >= 0.6 is 15.9 Å². The molecule has 2 unspecified atom stereocenters. The van der Waals surface area contributed by atoms with E-state index in [1.807, 2.05) is 0 Å². The van der Waals surface area contributed by atoms with E-state index >= 15 is 0 Å². The molecule has 0 saturated heterocycles. The molecule has 1 fully saturated rings. The molecule has 7 heteroatoms. The van der Waals surface area contributed by atoms with Crippen molar-refractivity contribution in [1.29, 1.82) is 0 Å². The third kappa shape index (κ3) is 3.62. The quantitative estimate of drug-likeness (QED) is 0.711. The average molecular weight is 358 g/mol. The molecule has 0 spiro atoms. The highest BCUT2D eigenvalue weighted by molar-refractivity contribution is 9.10. The Bertz CT molecular complexity index is 465. The predicted octanol–water partition coefficient (Wildman–Crippen LogP) is 5.26. The van der Waals surface area contributed by atoms with Crippen molar-refractivity contribution in [3.63, 3.8) is 0 Å². The van der Waals surface area contributed by atoms with E-state index < -0.39 is 29.8 Å². The van der Waals surface area contributed by atoms with Crippen molar-refractivity contribution in [1.82, 2.24) is 0 Å². The van der Waals surface area contributed by atoms with Gasteiger partial charge in [0, 0.05) is 10.5 Å². The summed E-state index contributed by atoms with van der Waals surface area (Å²) in [4.78, 5) is 0. The second-order valence-electron chi connectivity index (χ2n) is 4.99. The number of benzene rings is 1. The second kappa shape index (κ2) is 5.87. The zero-order valence-corrected chi connectivity index (χ0v) is 12.0. The number of nitrogens with one attached hydrogen (secondary N) is 1. The summed E-state index contributed by atoms with van der Waals surface area (Å²) >= 11 is 2.95. The van der Waals surface area contributed by atoms with Crippen LogP contribution in [0.4, 0.5) is 27.6 Å². The number of anilines is 1. The Labute approximate surface area is 121 Å². The molecule has 1 saturated carbocycles. The van der Waals surface area contributed by atoms with Gasteiger partial charge in [0.25, 0.3) is 0 Å². The summed E-state index contributed by atoms with van der Waals surface area (Å²) in [6, 6.07) is 1.59. The van der Waals surface area contributed by atoms with Crippen LogP contribution in [0.25, 0.3) is 0 Å². The summed E-state index contributed by atoms with van der Waals surface area (Å²) < 4.78 is 65.6. The fraction of sp³-hybridized carbons (Fsp3) is 0.538. The molecule has 1 nitrogen and oxygen atoms in total. The summed E-state index contributed by atoms with van der Waals surface area (Å²) in [6.45, 7) is 0. The average Bonchev–Trinajstić information content (AvgIpc) is 2.33. The van der Waals surface area contributed by atoms with Crippen LogP contribution < -0.4 is 5.32 Å². The zero-order valence-electron chi connectivity index (χ0n) is 10.4. The summed E-state index contributed by atoms with van der Waals surface area (Å²) in [5.74, 6) is -3.03. The molecule has 1 aromatic carbocycles. The van der Waals surface area contributed by atoms with Crippen LogP contribution in [0.5, 0.6) is 0 Å². The highest BCUT2D eigenvalue weighted by atomic mass is 79.9. The molecule has 2 atom stereocenters. The van der Waals surface area contributed by atoms with Crippen molar-refractivity contribution in [2.75, 3.05) is 5.32 Å². The van der Waals surface area contributed by atoms with Gasteiger partial charge in [0.2, 0.25) is 0 Å². The van der Waals surface area contributed by atoms with E-state index in [1.54, 1.807) is 0 Å². The SMILES string of the molecule is Fc1cc(Br)cc(F)c1NC1CCCC(C(F)(F)F)C1. The lowest BCUT2D eigenvalue weighted by Crippen LogP contribution is -2.35. The molecule has 0 radical (unpaired) electrons. The van der Waals surface area contributed by atoms with Crippen LogP contribution in [0.3, 0.4) is 0 Å². The first-order valence-corrected chi connectivity index (χ1v) is 7.04. The Balaban J connectivity index is 2.11. The largest absolute Gasteiger partial charge is 0.391 e. The normalized spacial score (nSPS) is 23.7. The lowest BCUT2D eigenvalue weighted by atomic mass is 9.85. The van der Waals surface area contributed by atoms with Gasteiger partial charge in [-0.05, 0) is 31.4 Å². The van der Waals surface area contributed by atoms with E-state index in [0.29, 0.717) is 12.8 Å². The highest BCUT2D eigenvalue weighted by Gasteiger charge is 2.42. The van der Waals surface area contributed by atoms with E-state index in [-0.39, 0.29) is 23.0 Å². The molecule has 2 rings (SSSR count). The van der Waals surface area contributed by atoms with Crippen LogP contribution in [-0.2, 0) is 0 Å². The number of alkyl halides is 3. The molecular formula is C13H13BrF5N. The van der Waals surface area contributed by atoms with Gasteiger partial charge in [-0.1, -0.05) is 22.4 Å². The fourth-order valence-electron chi connectivity index (χ4n) is 2.50. The number of hydrogen-bond donors (Lipinski definition) is 1. The first kappa shape index (κ1) is 15.5. The minimum atomic E-state index is -4.25. The predicted molar refractivity (Wildman–Crippen MR) is 69.5 cm³/mol. The molecule has 1 aliphatic rings. The van der Waals surface area contributed by atoms with E-state index in [1.165, 1.54) is 0 Å². The van der Waals surface area contributed by atoms with Gasteiger partial charge in [-0.2, -0.15) is 13.2 Å². The number of rotatable bonds is 2. The molecule has 112 valence electrons. The topological polar surface area (TPSA) is 12.0 Å². The Morgan fingerprint density at radius 2 is 1.70 bits per heavy atom. The van der Waals surface area contributed by atoms with Gasteiger partial charge in [-0.25, -0.2) is 8.78 Å².